The van der Waals surface area contributed by atoms with Gasteiger partial charge in [0.05, 0.1) is 5.69 Å². The normalized spacial score (nSPS) is 14.9. The first-order valence-electron chi connectivity index (χ1n) is 14.8. The van der Waals surface area contributed by atoms with Crippen molar-refractivity contribution in [3.05, 3.63) is 105 Å². The molecule has 3 heterocycles. The van der Waals surface area contributed by atoms with Crippen LogP contribution in [0.2, 0.25) is 5.02 Å². The summed E-state index contributed by atoms with van der Waals surface area (Å²) >= 11 is 5.98. The van der Waals surface area contributed by atoms with E-state index in [-0.39, 0.29) is 55.8 Å². The van der Waals surface area contributed by atoms with Crippen LogP contribution in [-0.2, 0) is 10.8 Å². The van der Waals surface area contributed by atoms with Crippen LogP contribution in [0.25, 0.3) is 22.2 Å². The molecular formula is C36H29ClN4O5. The molecule has 4 aromatic carbocycles. The minimum atomic E-state index is -0.706. The van der Waals surface area contributed by atoms with Crippen molar-refractivity contribution in [1.82, 2.24) is 10.2 Å². The van der Waals surface area contributed by atoms with E-state index >= 15 is 0 Å². The zero-order chi connectivity index (χ0) is 32.9. The number of anilines is 2. The summed E-state index contributed by atoms with van der Waals surface area (Å²) < 4.78 is 5.75. The van der Waals surface area contributed by atoms with Crippen LogP contribution in [0.3, 0.4) is 0 Å². The Morgan fingerprint density at radius 1 is 0.609 bits per heavy atom. The third kappa shape index (κ3) is 4.37. The quantitative estimate of drug-likeness (QED) is 0.187. The second-order valence-corrected chi connectivity index (χ2v) is 14.0. The Hall–Kier alpha value is -5.15. The van der Waals surface area contributed by atoms with Gasteiger partial charge in [-0.3, -0.25) is 19.2 Å². The molecule has 230 valence electrons. The second kappa shape index (κ2) is 9.92. The Morgan fingerprint density at radius 3 is 1.59 bits per heavy atom. The van der Waals surface area contributed by atoms with Crippen molar-refractivity contribution in [2.45, 2.75) is 52.4 Å². The molecule has 0 atom stereocenters. The van der Waals surface area contributed by atoms with E-state index in [0.29, 0.717) is 16.3 Å². The van der Waals surface area contributed by atoms with Crippen LogP contribution in [-0.4, -0.2) is 33.8 Å². The monoisotopic (exact) mass is 632 g/mol. The van der Waals surface area contributed by atoms with Gasteiger partial charge in [-0.15, -0.1) is 5.10 Å². The molecule has 0 saturated heterocycles. The van der Waals surface area contributed by atoms with Crippen molar-refractivity contribution in [2.24, 2.45) is 0 Å². The van der Waals surface area contributed by atoms with Crippen molar-refractivity contribution in [3.8, 4) is 11.5 Å². The minimum absolute atomic E-state index is 0.102. The number of aromatic nitrogens is 2. The first kappa shape index (κ1) is 29.6. The standard InChI is InChI=1S/C36H29ClN4O5/c1-35(2,3)19-9-16-25(36(4,5)6)26(17-19)40-30(42)21-12-14-23-28-24(15-13-22(27(21)28)31(40)43)33(45)41(32(23)44)34-39-38-29(46-34)18-7-10-20(37)11-8-18/h7-17H,1-6H3. The Kier molecular flexibility index (Phi) is 6.38. The lowest BCUT2D eigenvalue weighted by Crippen LogP contribution is -2.44. The third-order valence-electron chi connectivity index (χ3n) is 8.50. The number of imide groups is 2. The number of halogens is 1. The van der Waals surface area contributed by atoms with E-state index in [4.69, 9.17) is 16.0 Å². The summed E-state index contributed by atoms with van der Waals surface area (Å²) in [5.41, 5.74) is 3.02. The molecule has 0 aliphatic carbocycles. The lowest BCUT2D eigenvalue weighted by Gasteiger charge is -2.34. The minimum Gasteiger partial charge on any atom is -0.403 e. The van der Waals surface area contributed by atoms with Crippen LogP contribution in [0.5, 0.6) is 0 Å². The maximum atomic E-state index is 14.3. The Balaban J connectivity index is 1.35. The zero-order valence-electron chi connectivity index (χ0n) is 26.1. The lowest BCUT2D eigenvalue weighted by molar-refractivity contribution is 0.0868. The zero-order valence-corrected chi connectivity index (χ0v) is 26.8. The fourth-order valence-corrected chi connectivity index (χ4v) is 6.23. The molecule has 46 heavy (non-hydrogen) atoms. The van der Waals surface area contributed by atoms with Crippen LogP contribution in [0.1, 0.15) is 94.1 Å². The summed E-state index contributed by atoms with van der Waals surface area (Å²) in [5, 5.41) is 9.05. The van der Waals surface area contributed by atoms with E-state index in [1.807, 2.05) is 39.0 Å². The van der Waals surface area contributed by atoms with Gasteiger partial charge < -0.3 is 4.42 Å². The first-order chi connectivity index (χ1) is 21.7. The van der Waals surface area contributed by atoms with Crippen LogP contribution >= 0.6 is 11.6 Å². The van der Waals surface area contributed by atoms with Gasteiger partial charge in [-0.25, -0.2) is 4.90 Å². The van der Waals surface area contributed by atoms with E-state index in [1.54, 1.807) is 24.3 Å². The Labute approximate surface area is 269 Å². The maximum absolute atomic E-state index is 14.3. The maximum Gasteiger partial charge on any atom is 0.332 e. The summed E-state index contributed by atoms with van der Waals surface area (Å²) in [7, 11) is 0. The van der Waals surface area contributed by atoms with Crippen molar-refractivity contribution in [3.63, 3.8) is 0 Å². The summed E-state index contributed by atoms with van der Waals surface area (Å²) in [5.74, 6) is -2.36. The average molecular weight is 633 g/mol. The predicted molar refractivity (Wildman–Crippen MR) is 175 cm³/mol. The number of carbonyl (C=O) groups excluding carboxylic acids is 4. The van der Waals surface area contributed by atoms with E-state index in [0.717, 1.165) is 16.0 Å². The van der Waals surface area contributed by atoms with Crippen molar-refractivity contribution >= 4 is 57.7 Å². The molecule has 1 aromatic heterocycles. The number of hydrogen-bond acceptors (Lipinski definition) is 7. The predicted octanol–water partition coefficient (Wildman–Crippen LogP) is 7.74. The highest BCUT2D eigenvalue weighted by Gasteiger charge is 2.43. The smallest absolute Gasteiger partial charge is 0.332 e. The molecule has 10 heteroatoms. The molecule has 0 N–H and O–H groups in total. The van der Waals surface area contributed by atoms with Crippen molar-refractivity contribution < 1.29 is 23.6 Å². The van der Waals surface area contributed by atoms with E-state index < -0.39 is 23.6 Å². The molecule has 0 radical (unpaired) electrons. The fourth-order valence-electron chi connectivity index (χ4n) is 6.10. The van der Waals surface area contributed by atoms with Gasteiger partial charge in [-0.05, 0) is 76.6 Å². The van der Waals surface area contributed by atoms with Crippen LogP contribution in [0.4, 0.5) is 11.7 Å². The topological polar surface area (TPSA) is 114 Å². The van der Waals surface area contributed by atoms with Crippen LogP contribution < -0.4 is 9.80 Å². The van der Waals surface area contributed by atoms with Gasteiger partial charge in [0.15, 0.2) is 0 Å². The van der Waals surface area contributed by atoms with Crippen molar-refractivity contribution in [1.29, 1.82) is 0 Å². The van der Waals surface area contributed by atoms with Crippen molar-refractivity contribution in [2.75, 3.05) is 9.80 Å². The van der Waals surface area contributed by atoms with E-state index in [1.165, 1.54) is 29.2 Å². The Bertz CT molecular complexity index is 2100. The summed E-state index contributed by atoms with van der Waals surface area (Å²) in [6.45, 7) is 12.3. The molecule has 4 amide bonds. The Morgan fingerprint density at radius 2 is 1.11 bits per heavy atom. The molecule has 0 bridgehead atoms. The van der Waals surface area contributed by atoms with Crippen LogP contribution in [0.15, 0.2) is 71.1 Å². The molecule has 0 fully saturated rings. The van der Waals surface area contributed by atoms with Gasteiger partial charge in [-0.2, -0.15) is 4.90 Å². The van der Waals surface area contributed by atoms with Gasteiger partial charge in [0, 0.05) is 43.6 Å². The molecule has 2 aliphatic heterocycles. The van der Waals surface area contributed by atoms with Crippen LogP contribution in [0, 0.1) is 0 Å². The molecule has 0 spiro atoms. The SMILES string of the molecule is CC(C)(C)c1ccc(C(C)(C)C)c(N2C(=O)c3ccc4c5c(ccc(c35)C2=O)C(=O)N(c2nnc(-c3ccc(Cl)cc3)o2)C4=O)c1. The van der Waals surface area contributed by atoms with Gasteiger partial charge in [0.1, 0.15) is 0 Å². The highest BCUT2D eigenvalue weighted by atomic mass is 35.5. The first-order valence-corrected chi connectivity index (χ1v) is 15.2. The number of rotatable bonds is 3. The molecule has 7 rings (SSSR count). The number of hydrogen-bond donors (Lipinski definition) is 0. The molecular weight excluding hydrogens is 604 g/mol. The molecule has 2 aliphatic rings. The highest BCUT2D eigenvalue weighted by molar-refractivity contribution is 6.42. The lowest BCUT2D eigenvalue weighted by atomic mass is 9.80. The number of amides is 4. The molecule has 9 nitrogen and oxygen atoms in total. The van der Waals surface area contributed by atoms with Gasteiger partial charge in [-0.1, -0.05) is 70.4 Å². The summed E-state index contributed by atoms with van der Waals surface area (Å²) in [6, 6.07) is 18.4. The fraction of sp³-hybridized carbons (Fsp3) is 0.222. The van der Waals surface area contributed by atoms with Gasteiger partial charge >= 0.3 is 6.01 Å². The highest BCUT2D eigenvalue weighted by Crippen LogP contribution is 2.43. The van der Waals surface area contributed by atoms with E-state index in [2.05, 4.69) is 31.0 Å². The third-order valence-corrected chi connectivity index (χ3v) is 8.76. The molecule has 0 unspecified atom stereocenters. The number of benzene rings is 4. The van der Waals surface area contributed by atoms with E-state index in [9.17, 15) is 19.2 Å². The second-order valence-electron chi connectivity index (χ2n) is 13.6. The average Bonchev–Trinajstić information content (AvgIpc) is 3.48. The number of carbonyl (C=O) groups is 4. The largest absolute Gasteiger partial charge is 0.403 e. The number of nitrogens with zero attached hydrogens (tertiary/aromatic N) is 4. The van der Waals surface area contributed by atoms with Gasteiger partial charge in [0.2, 0.25) is 5.89 Å². The van der Waals surface area contributed by atoms with Gasteiger partial charge in [0.25, 0.3) is 23.6 Å². The molecule has 5 aromatic rings. The summed E-state index contributed by atoms with van der Waals surface area (Å²) in [4.78, 5) is 58.3. The summed E-state index contributed by atoms with van der Waals surface area (Å²) in [6.07, 6.45) is 0. The molecule has 0 saturated carbocycles.